The van der Waals surface area contributed by atoms with Crippen molar-refractivity contribution in [2.24, 2.45) is 5.92 Å². The van der Waals surface area contributed by atoms with Gasteiger partial charge in [-0.3, -0.25) is 0 Å². The molecule has 0 amide bonds. The van der Waals surface area contributed by atoms with Gasteiger partial charge in [0.15, 0.2) is 0 Å². The maximum absolute atomic E-state index is 12.7. The van der Waals surface area contributed by atoms with Gasteiger partial charge in [0.1, 0.15) is 0 Å². The van der Waals surface area contributed by atoms with Crippen LogP contribution in [-0.4, -0.2) is 5.51 Å². The second-order valence-corrected chi connectivity index (χ2v) is 6.49. The molecule has 0 radical (unpaired) electrons. The highest BCUT2D eigenvalue weighted by molar-refractivity contribution is 8.00. The lowest BCUT2D eigenvalue weighted by Gasteiger charge is -2.10. The standard InChI is InChI=1S/C17H19F3S/c1-2-5-14-9-11-15(10-8-13-6-3-4-7-13)16(12-14)21-17(18,19)20/h9,11-13H,2-7H2,1H3. The molecule has 0 aromatic heterocycles. The van der Waals surface area contributed by atoms with Gasteiger partial charge in [0, 0.05) is 16.4 Å². The van der Waals surface area contributed by atoms with Crippen molar-refractivity contribution in [3.8, 4) is 11.8 Å². The molecule has 0 nitrogen and oxygen atoms in total. The van der Waals surface area contributed by atoms with Crippen molar-refractivity contribution in [2.75, 3.05) is 0 Å². The van der Waals surface area contributed by atoms with Gasteiger partial charge in [-0.1, -0.05) is 44.1 Å². The molecule has 1 aromatic rings. The predicted molar refractivity (Wildman–Crippen MR) is 81.2 cm³/mol. The molecule has 1 fully saturated rings. The van der Waals surface area contributed by atoms with E-state index in [1.165, 1.54) is 12.8 Å². The molecule has 0 aliphatic heterocycles. The average Bonchev–Trinajstić information content (AvgIpc) is 2.89. The Balaban J connectivity index is 2.25. The van der Waals surface area contributed by atoms with Crippen LogP contribution in [0.2, 0.25) is 0 Å². The average molecular weight is 312 g/mol. The Hall–Kier alpha value is -1.08. The molecule has 1 aromatic carbocycles. The molecule has 0 unspecified atom stereocenters. The monoisotopic (exact) mass is 312 g/mol. The van der Waals surface area contributed by atoms with Crippen LogP contribution >= 0.6 is 11.8 Å². The van der Waals surface area contributed by atoms with E-state index < -0.39 is 5.51 Å². The summed E-state index contributed by atoms with van der Waals surface area (Å²) in [5.74, 6) is 6.47. The van der Waals surface area contributed by atoms with Crippen molar-refractivity contribution in [3.05, 3.63) is 29.3 Å². The summed E-state index contributed by atoms with van der Waals surface area (Å²) in [6, 6.07) is 5.27. The number of hydrogen-bond donors (Lipinski definition) is 0. The van der Waals surface area contributed by atoms with E-state index in [1.807, 2.05) is 13.0 Å². The van der Waals surface area contributed by atoms with E-state index in [1.54, 1.807) is 12.1 Å². The minimum atomic E-state index is -4.27. The fourth-order valence-electron chi connectivity index (χ4n) is 2.57. The van der Waals surface area contributed by atoms with Gasteiger partial charge < -0.3 is 0 Å². The van der Waals surface area contributed by atoms with Crippen LogP contribution in [0.5, 0.6) is 0 Å². The first kappa shape index (κ1) is 16.3. The molecule has 0 saturated heterocycles. The van der Waals surface area contributed by atoms with Crippen LogP contribution in [0.4, 0.5) is 13.2 Å². The number of hydrogen-bond acceptors (Lipinski definition) is 1. The maximum Gasteiger partial charge on any atom is 0.446 e. The lowest BCUT2D eigenvalue weighted by molar-refractivity contribution is -0.0328. The van der Waals surface area contributed by atoms with Crippen molar-refractivity contribution in [1.82, 2.24) is 0 Å². The summed E-state index contributed by atoms with van der Waals surface area (Å²) in [6.07, 6.45) is 6.22. The second kappa shape index (κ2) is 7.26. The van der Waals surface area contributed by atoms with Crippen LogP contribution in [0.25, 0.3) is 0 Å². The summed E-state index contributed by atoms with van der Waals surface area (Å²) < 4.78 is 38.1. The molecule has 1 saturated carbocycles. The Bertz CT molecular complexity index is 531. The zero-order valence-corrected chi connectivity index (χ0v) is 12.9. The Morgan fingerprint density at radius 1 is 1.24 bits per heavy atom. The molecule has 1 aliphatic rings. The quantitative estimate of drug-likeness (QED) is 0.502. The van der Waals surface area contributed by atoms with Crippen molar-refractivity contribution >= 4 is 11.8 Å². The molecule has 21 heavy (non-hydrogen) atoms. The summed E-state index contributed by atoms with van der Waals surface area (Å²) in [5.41, 5.74) is -2.83. The van der Waals surface area contributed by atoms with E-state index in [4.69, 9.17) is 0 Å². The van der Waals surface area contributed by atoms with E-state index in [0.29, 0.717) is 11.5 Å². The van der Waals surface area contributed by atoms with Crippen LogP contribution in [0.15, 0.2) is 23.1 Å². The maximum atomic E-state index is 12.7. The highest BCUT2D eigenvalue weighted by Gasteiger charge is 2.30. The van der Waals surface area contributed by atoms with Gasteiger partial charge in [-0.05, 0) is 48.7 Å². The highest BCUT2D eigenvalue weighted by atomic mass is 32.2. The fourth-order valence-corrected chi connectivity index (χ4v) is 3.26. The van der Waals surface area contributed by atoms with Gasteiger partial charge in [-0.25, -0.2) is 0 Å². The first-order chi connectivity index (χ1) is 9.98. The van der Waals surface area contributed by atoms with E-state index in [0.717, 1.165) is 31.2 Å². The smallest absolute Gasteiger partial charge is 0.160 e. The molecule has 4 heteroatoms. The summed E-state index contributed by atoms with van der Waals surface area (Å²) in [6.45, 7) is 2.02. The molecular weight excluding hydrogens is 293 g/mol. The lowest BCUT2D eigenvalue weighted by atomic mass is 10.1. The minimum absolute atomic E-state index is 0.0526. The molecule has 0 heterocycles. The zero-order chi connectivity index (χ0) is 15.3. The fraction of sp³-hybridized carbons (Fsp3) is 0.529. The van der Waals surface area contributed by atoms with Crippen LogP contribution in [0.3, 0.4) is 0 Å². The van der Waals surface area contributed by atoms with Gasteiger partial charge in [0.25, 0.3) is 0 Å². The van der Waals surface area contributed by atoms with Gasteiger partial charge in [0.2, 0.25) is 0 Å². The number of halogens is 3. The molecule has 1 aliphatic carbocycles. The number of rotatable bonds is 3. The van der Waals surface area contributed by atoms with Crippen LogP contribution in [0.1, 0.15) is 50.2 Å². The molecular formula is C17H19F3S. The summed E-state index contributed by atoms with van der Waals surface area (Å²) in [7, 11) is 0. The largest absolute Gasteiger partial charge is 0.446 e. The number of aryl methyl sites for hydroxylation is 1. The third kappa shape index (κ3) is 5.32. The second-order valence-electron chi connectivity index (χ2n) is 5.38. The van der Waals surface area contributed by atoms with E-state index >= 15 is 0 Å². The van der Waals surface area contributed by atoms with Gasteiger partial charge in [-0.2, -0.15) is 13.2 Å². The van der Waals surface area contributed by atoms with Gasteiger partial charge in [0.05, 0.1) is 0 Å². The third-order valence-corrected chi connectivity index (χ3v) is 4.37. The van der Waals surface area contributed by atoms with Crippen molar-refractivity contribution in [1.29, 1.82) is 0 Å². The van der Waals surface area contributed by atoms with Crippen molar-refractivity contribution in [3.63, 3.8) is 0 Å². The Labute approximate surface area is 128 Å². The first-order valence-electron chi connectivity index (χ1n) is 7.38. The first-order valence-corrected chi connectivity index (χ1v) is 8.20. The summed E-state index contributed by atoms with van der Waals surface area (Å²) >= 11 is -0.0526. The van der Waals surface area contributed by atoms with E-state index in [-0.39, 0.29) is 16.7 Å². The molecule has 0 bridgehead atoms. The third-order valence-electron chi connectivity index (χ3n) is 3.58. The molecule has 0 atom stereocenters. The molecule has 2 rings (SSSR count). The van der Waals surface area contributed by atoms with E-state index in [2.05, 4.69) is 11.8 Å². The minimum Gasteiger partial charge on any atom is -0.160 e. The molecule has 0 N–H and O–H groups in total. The number of benzene rings is 1. The Kier molecular flexibility index (Phi) is 5.64. The van der Waals surface area contributed by atoms with Crippen LogP contribution in [0, 0.1) is 17.8 Å². The predicted octanol–water partition coefficient (Wildman–Crippen LogP) is 5.79. The topological polar surface area (TPSA) is 0 Å². The van der Waals surface area contributed by atoms with Crippen LogP contribution < -0.4 is 0 Å². The zero-order valence-electron chi connectivity index (χ0n) is 12.1. The normalized spacial score (nSPS) is 15.8. The van der Waals surface area contributed by atoms with Crippen LogP contribution in [-0.2, 0) is 6.42 Å². The van der Waals surface area contributed by atoms with Crippen molar-refractivity contribution < 1.29 is 13.2 Å². The highest BCUT2D eigenvalue weighted by Crippen LogP contribution is 2.39. The Morgan fingerprint density at radius 3 is 2.57 bits per heavy atom. The van der Waals surface area contributed by atoms with Gasteiger partial charge >= 0.3 is 5.51 Å². The van der Waals surface area contributed by atoms with E-state index in [9.17, 15) is 13.2 Å². The summed E-state index contributed by atoms with van der Waals surface area (Å²) in [5, 5.41) is 0. The summed E-state index contributed by atoms with van der Waals surface area (Å²) in [4.78, 5) is 0.235. The molecule has 0 spiro atoms. The van der Waals surface area contributed by atoms with Crippen molar-refractivity contribution in [2.45, 2.75) is 55.9 Å². The number of alkyl halides is 3. The van der Waals surface area contributed by atoms with Gasteiger partial charge in [-0.15, -0.1) is 0 Å². The SMILES string of the molecule is CCCc1ccc(C#CC2CCCC2)c(SC(F)(F)F)c1. The molecule has 114 valence electrons. The Morgan fingerprint density at radius 2 is 1.95 bits per heavy atom. The lowest BCUT2D eigenvalue weighted by Crippen LogP contribution is -2.01. The number of thioether (sulfide) groups is 1.